The molecular weight excluding hydrogens is 374 g/mol. The van der Waals surface area contributed by atoms with E-state index in [9.17, 15) is 9.90 Å². The molecule has 5 nitrogen and oxygen atoms in total. The summed E-state index contributed by atoms with van der Waals surface area (Å²) >= 11 is 0. The maximum absolute atomic E-state index is 13.5. The average Bonchev–Trinajstić information content (AvgIpc) is 3.45. The molecule has 0 amide bonds. The molecule has 0 bridgehead atoms. The number of anilines is 1. The van der Waals surface area contributed by atoms with Crippen molar-refractivity contribution in [3.8, 4) is 0 Å². The van der Waals surface area contributed by atoms with Crippen molar-refractivity contribution in [2.24, 2.45) is 0 Å². The molecule has 2 aliphatic rings. The van der Waals surface area contributed by atoms with Gasteiger partial charge in [-0.1, -0.05) is 36.4 Å². The summed E-state index contributed by atoms with van der Waals surface area (Å²) in [5.74, 6) is 0.269. The van der Waals surface area contributed by atoms with Gasteiger partial charge in [0.15, 0.2) is 0 Å². The number of β-amino-alcohol motifs (C(OH)–C–C–N with tert-alkyl or cyclic N) is 1. The zero-order valence-electron chi connectivity index (χ0n) is 16.6. The molecule has 150 valence electrons. The Hall–Kier alpha value is -3.18. The van der Waals surface area contributed by atoms with Gasteiger partial charge in [-0.05, 0) is 42.5 Å². The second kappa shape index (κ2) is 6.67. The first kappa shape index (κ1) is 17.7. The molecule has 0 radical (unpaired) electrons. The Kier molecular flexibility index (Phi) is 3.93. The summed E-state index contributed by atoms with van der Waals surface area (Å²) < 4.78 is 1.89. The molecule has 1 aliphatic heterocycles. The lowest BCUT2D eigenvalue weighted by molar-refractivity contribution is 0.198. The first-order valence-corrected chi connectivity index (χ1v) is 10.6. The second-order valence-corrected chi connectivity index (χ2v) is 8.50. The number of nitrogens with zero attached hydrogens (tertiary/aromatic N) is 3. The van der Waals surface area contributed by atoms with Gasteiger partial charge in [-0.2, -0.15) is 0 Å². The van der Waals surface area contributed by atoms with Gasteiger partial charge in [-0.25, -0.2) is 0 Å². The normalized spacial score (nSPS) is 23.4. The summed E-state index contributed by atoms with van der Waals surface area (Å²) in [6, 6.07) is 20.5. The third-order valence-corrected chi connectivity index (χ3v) is 6.56. The van der Waals surface area contributed by atoms with Crippen LogP contribution < -0.4 is 10.5 Å². The fourth-order valence-electron chi connectivity index (χ4n) is 4.87. The van der Waals surface area contributed by atoms with Gasteiger partial charge < -0.3 is 14.6 Å². The molecule has 0 spiro atoms. The molecule has 1 aliphatic carbocycles. The Balaban J connectivity index is 1.39. The fourth-order valence-corrected chi connectivity index (χ4v) is 4.87. The minimum atomic E-state index is -0.321. The Morgan fingerprint density at radius 3 is 2.70 bits per heavy atom. The van der Waals surface area contributed by atoms with Gasteiger partial charge in [0.2, 0.25) is 0 Å². The number of para-hydroxylation sites is 1. The lowest BCUT2D eigenvalue weighted by Gasteiger charge is -2.20. The van der Waals surface area contributed by atoms with Crippen LogP contribution in [0.3, 0.4) is 0 Å². The fraction of sp³-hybridized carbons (Fsp3) is 0.280. The van der Waals surface area contributed by atoms with Crippen molar-refractivity contribution in [1.82, 2.24) is 9.55 Å². The zero-order valence-corrected chi connectivity index (χ0v) is 16.6. The molecule has 1 saturated carbocycles. The van der Waals surface area contributed by atoms with Crippen LogP contribution in [0.5, 0.6) is 0 Å². The highest BCUT2D eigenvalue weighted by Gasteiger charge is 2.42. The smallest absolute Gasteiger partial charge is 0.260 e. The molecule has 5 heteroatoms. The van der Waals surface area contributed by atoms with Crippen LogP contribution in [0.25, 0.3) is 21.7 Å². The zero-order chi connectivity index (χ0) is 20.2. The number of rotatable bonds is 3. The molecule has 6 rings (SSSR count). The van der Waals surface area contributed by atoms with Crippen LogP contribution in [0.2, 0.25) is 0 Å². The average molecular weight is 397 g/mol. The monoisotopic (exact) mass is 397 g/mol. The molecule has 4 aromatic rings. The lowest BCUT2D eigenvalue weighted by Crippen LogP contribution is -2.25. The van der Waals surface area contributed by atoms with Crippen molar-refractivity contribution in [2.45, 2.75) is 30.9 Å². The SMILES string of the molecule is O=c1c2c(N3CC[C@@H](O)C3)cccc2ccn1[C@@H]1C[C@H]1c1ccc2ccccc2n1. The van der Waals surface area contributed by atoms with Crippen LogP contribution in [0, 0.1) is 0 Å². The molecule has 2 aromatic heterocycles. The van der Waals surface area contributed by atoms with E-state index in [0.29, 0.717) is 6.54 Å². The van der Waals surface area contributed by atoms with Crippen molar-refractivity contribution >= 4 is 27.4 Å². The van der Waals surface area contributed by atoms with E-state index in [0.717, 1.165) is 52.4 Å². The molecule has 30 heavy (non-hydrogen) atoms. The summed E-state index contributed by atoms with van der Waals surface area (Å²) in [4.78, 5) is 20.5. The van der Waals surface area contributed by atoms with Crippen molar-refractivity contribution in [2.75, 3.05) is 18.0 Å². The van der Waals surface area contributed by atoms with E-state index >= 15 is 0 Å². The number of pyridine rings is 2. The minimum Gasteiger partial charge on any atom is -0.391 e. The number of aliphatic hydroxyl groups excluding tert-OH is 1. The van der Waals surface area contributed by atoms with E-state index in [2.05, 4.69) is 23.1 Å². The van der Waals surface area contributed by atoms with Crippen molar-refractivity contribution in [1.29, 1.82) is 0 Å². The summed E-state index contributed by atoms with van der Waals surface area (Å²) in [5.41, 5.74) is 3.05. The van der Waals surface area contributed by atoms with Gasteiger partial charge in [0.05, 0.1) is 22.7 Å². The van der Waals surface area contributed by atoms with Crippen LogP contribution in [0.15, 0.2) is 71.7 Å². The van der Waals surface area contributed by atoms with Gasteiger partial charge >= 0.3 is 0 Å². The number of aromatic nitrogens is 2. The highest BCUT2D eigenvalue weighted by Crippen LogP contribution is 2.50. The Labute approximate surface area is 174 Å². The summed E-state index contributed by atoms with van der Waals surface area (Å²) in [7, 11) is 0. The summed E-state index contributed by atoms with van der Waals surface area (Å²) in [6.07, 6.45) is 3.29. The number of hydrogen-bond acceptors (Lipinski definition) is 4. The number of benzene rings is 2. The lowest BCUT2D eigenvalue weighted by atomic mass is 10.1. The molecule has 1 saturated heterocycles. The Morgan fingerprint density at radius 2 is 1.83 bits per heavy atom. The largest absolute Gasteiger partial charge is 0.391 e. The van der Waals surface area contributed by atoms with Crippen LogP contribution in [0.4, 0.5) is 5.69 Å². The minimum absolute atomic E-state index is 0.0535. The molecule has 2 aromatic carbocycles. The predicted octanol–water partition coefficient (Wildman–Crippen LogP) is 3.85. The third kappa shape index (κ3) is 2.81. The quantitative estimate of drug-likeness (QED) is 0.571. The van der Waals surface area contributed by atoms with Crippen LogP contribution in [-0.2, 0) is 0 Å². The van der Waals surface area contributed by atoms with Crippen molar-refractivity contribution in [3.63, 3.8) is 0 Å². The van der Waals surface area contributed by atoms with E-state index in [-0.39, 0.29) is 23.6 Å². The van der Waals surface area contributed by atoms with E-state index in [4.69, 9.17) is 4.98 Å². The first-order valence-electron chi connectivity index (χ1n) is 10.6. The summed E-state index contributed by atoms with van der Waals surface area (Å²) in [6.45, 7) is 1.36. The Morgan fingerprint density at radius 1 is 0.967 bits per heavy atom. The van der Waals surface area contributed by atoms with Crippen LogP contribution >= 0.6 is 0 Å². The van der Waals surface area contributed by atoms with Gasteiger partial charge in [0.25, 0.3) is 5.56 Å². The molecule has 1 N–H and O–H groups in total. The van der Waals surface area contributed by atoms with Crippen LogP contribution in [0.1, 0.15) is 30.5 Å². The maximum Gasteiger partial charge on any atom is 0.260 e. The van der Waals surface area contributed by atoms with E-state index in [1.165, 1.54) is 0 Å². The number of fused-ring (bicyclic) bond motifs is 2. The van der Waals surface area contributed by atoms with Gasteiger partial charge in [-0.3, -0.25) is 9.78 Å². The van der Waals surface area contributed by atoms with Gasteiger partial charge in [0.1, 0.15) is 0 Å². The van der Waals surface area contributed by atoms with E-state index < -0.39 is 0 Å². The number of aliphatic hydroxyl groups is 1. The van der Waals surface area contributed by atoms with Gasteiger partial charge in [-0.15, -0.1) is 0 Å². The topological polar surface area (TPSA) is 58.4 Å². The maximum atomic E-state index is 13.5. The Bertz CT molecular complexity index is 1330. The second-order valence-electron chi connectivity index (χ2n) is 8.50. The molecule has 2 fully saturated rings. The molecule has 0 unspecified atom stereocenters. The molecular formula is C25H23N3O2. The van der Waals surface area contributed by atoms with Gasteiger partial charge in [0, 0.05) is 42.3 Å². The van der Waals surface area contributed by atoms with Crippen molar-refractivity contribution in [3.05, 3.63) is 82.9 Å². The van der Waals surface area contributed by atoms with Crippen molar-refractivity contribution < 1.29 is 5.11 Å². The first-order chi connectivity index (χ1) is 14.7. The number of hydrogen-bond donors (Lipinski definition) is 1. The highest BCUT2D eigenvalue weighted by molar-refractivity contribution is 5.93. The van der Waals surface area contributed by atoms with E-state index in [1.54, 1.807) is 0 Å². The molecule has 3 atom stereocenters. The summed E-state index contributed by atoms with van der Waals surface area (Å²) in [5, 5.41) is 12.8. The standard InChI is InChI=1S/C25H23N3O2/c29-18-11-12-27(15-18)22-7-3-5-17-10-13-28(25(30)24(17)22)23-14-19(23)21-9-8-16-4-1-2-6-20(16)26-21/h1-10,13,18-19,23,29H,11-12,14-15H2/t18-,19+,23-/m1/s1. The van der Waals surface area contributed by atoms with Crippen LogP contribution in [-0.4, -0.2) is 33.9 Å². The highest BCUT2D eigenvalue weighted by atomic mass is 16.3. The predicted molar refractivity (Wildman–Crippen MR) is 119 cm³/mol. The third-order valence-electron chi connectivity index (χ3n) is 6.56. The van der Waals surface area contributed by atoms with E-state index in [1.807, 2.05) is 53.2 Å². The molecule has 3 heterocycles.